The van der Waals surface area contributed by atoms with Crippen LogP contribution in [0.4, 0.5) is 0 Å². The topological polar surface area (TPSA) is 20.3 Å². The van der Waals surface area contributed by atoms with Crippen LogP contribution in [0.3, 0.4) is 0 Å². The predicted octanol–water partition coefficient (Wildman–Crippen LogP) is 5.95. The molecule has 0 aliphatic carbocycles. The molecule has 3 rings (SSSR count). The van der Waals surface area contributed by atoms with E-state index in [-0.39, 0.29) is 17.4 Å². The van der Waals surface area contributed by atoms with Gasteiger partial charge in [0.15, 0.2) is 0 Å². The minimum absolute atomic E-state index is 0.0174. The molecule has 0 unspecified atom stereocenters. The third-order valence-corrected chi connectivity index (χ3v) is 5.90. The van der Waals surface area contributed by atoms with Crippen LogP contribution in [0.5, 0.6) is 0 Å². The van der Waals surface area contributed by atoms with Gasteiger partial charge in [-0.15, -0.1) is 0 Å². The van der Waals surface area contributed by atoms with Crippen LogP contribution < -0.4 is 0 Å². The first-order valence-electron chi connectivity index (χ1n) is 8.70. The van der Waals surface area contributed by atoms with Crippen LogP contribution in [-0.4, -0.2) is 15.1 Å². The summed E-state index contributed by atoms with van der Waals surface area (Å²) in [7, 11) is 0. The Kier molecular flexibility index (Phi) is 5.35. The summed E-state index contributed by atoms with van der Waals surface area (Å²) in [5.41, 5.74) is 3.50. The van der Waals surface area contributed by atoms with Crippen molar-refractivity contribution < 1.29 is 4.79 Å². The maximum Gasteiger partial charge on any atom is 0.266 e. The number of thiocarbonyl (C=S) groups is 1. The van der Waals surface area contributed by atoms with Crippen molar-refractivity contribution in [3.8, 4) is 0 Å². The molecule has 0 saturated carbocycles. The van der Waals surface area contributed by atoms with Crippen molar-refractivity contribution in [3.63, 3.8) is 0 Å². The molecule has 1 fully saturated rings. The Morgan fingerprint density at radius 3 is 2.23 bits per heavy atom. The second-order valence-electron chi connectivity index (χ2n) is 7.51. The van der Waals surface area contributed by atoms with Gasteiger partial charge in [0.2, 0.25) is 0 Å². The molecule has 0 bridgehead atoms. The maximum absolute atomic E-state index is 12.9. The van der Waals surface area contributed by atoms with Gasteiger partial charge in [-0.05, 0) is 35.1 Å². The molecule has 1 heterocycles. The molecule has 4 heteroatoms. The first-order chi connectivity index (χ1) is 12.3. The highest BCUT2D eigenvalue weighted by molar-refractivity contribution is 8.26. The van der Waals surface area contributed by atoms with E-state index in [2.05, 4.69) is 45.0 Å². The molecule has 0 N–H and O–H groups in total. The summed E-state index contributed by atoms with van der Waals surface area (Å²) in [6, 6.07) is 18.3. The monoisotopic (exact) mass is 381 g/mol. The summed E-state index contributed by atoms with van der Waals surface area (Å²) in [4.78, 5) is 15.3. The SMILES string of the molecule is C[C@@H](c1ccccc1)N1C(=O)/C(=C/c2ccc(C(C)(C)C)cc2)SC1=S. The number of carbonyl (C=O) groups is 1. The molecule has 26 heavy (non-hydrogen) atoms. The third-order valence-electron chi connectivity index (χ3n) is 4.57. The molecule has 2 aromatic carbocycles. The Labute approximate surface area is 165 Å². The zero-order valence-electron chi connectivity index (χ0n) is 15.5. The summed E-state index contributed by atoms with van der Waals surface area (Å²) < 4.78 is 0.615. The predicted molar refractivity (Wildman–Crippen MR) is 115 cm³/mol. The van der Waals surface area contributed by atoms with E-state index in [0.717, 1.165) is 11.1 Å². The van der Waals surface area contributed by atoms with Crippen LogP contribution >= 0.6 is 24.0 Å². The molecule has 2 nitrogen and oxygen atoms in total. The Morgan fingerprint density at radius 2 is 1.65 bits per heavy atom. The maximum atomic E-state index is 12.9. The third kappa shape index (κ3) is 3.92. The van der Waals surface area contributed by atoms with E-state index in [1.54, 1.807) is 4.90 Å². The summed E-state index contributed by atoms with van der Waals surface area (Å²) in [6.45, 7) is 8.59. The minimum atomic E-state index is -0.0714. The number of amides is 1. The van der Waals surface area contributed by atoms with Gasteiger partial charge in [0, 0.05) is 0 Å². The largest absolute Gasteiger partial charge is 0.286 e. The molecule has 0 radical (unpaired) electrons. The molecule has 134 valence electrons. The van der Waals surface area contributed by atoms with Crippen LogP contribution in [0.15, 0.2) is 59.5 Å². The van der Waals surface area contributed by atoms with Crippen LogP contribution in [0.2, 0.25) is 0 Å². The Bertz CT molecular complexity index is 848. The van der Waals surface area contributed by atoms with Crippen molar-refractivity contribution >= 4 is 40.3 Å². The van der Waals surface area contributed by atoms with Crippen molar-refractivity contribution in [2.75, 3.05) is 0 Å². The summed E-state index contributed by atoms with van der Waals surface area (Å²) >= 11 is 6.86. The first kappa shape index (κ1) is 18.9. The fourth-order valence-corrected chi connectivity index (χ4v) is 4.34. The summed E-state index contributed by atoms with van der Waals surface area (Å²) in [5.74, 6) is -0.0174. The number of hydrogen-bond donors (Lipinski definition) is 0. The highest BCUT2D eigenvalue weighted by atomic mass is 32.2. The van der Waals surface area contributed by atoms with Gasteiger partial charge in [0.25, 0.3) is 5.91 Å². The highest BCUT2D eigenvalue weighted by Crippen LogP contribution is 2.38. The van der Waals surface area contributed by atoms with Crippen molar-refractivity contribution in [2.24, 2.45) is 0 Å². The molecule has 1 aliphatic rings. The average molecular weight is 382 g/mol. The van der Waals surface area contributed by atoms with E-state index >= 15 is 0 Å². The van der Waals surface area contributed by atoms with Crippen LogP contribution in [0, 0.1) is 0 Å². The van der Waals surface area contributed by atoms with Crippen LogP contribution in [0.25, 0.3) is 6.08 Å². The van der Waals surface area contributed by atoms with Crippen LogP contribution in [-0.2, 0) is 10.2 Å². The number of carbonyl (C=O) groups excluding carboxylic acids is 1. The normalized spacial score (nSPS) is 17.8. The fraction of sp³-hybridized carbons (Fsp3) is 0.273. The van der Waals surface area contributed by atoms with E-state index in [9.17, 15) is 4.79 Å². The number of benzene rings is 2. The molecule has 0 spiro atoms. The van der Waals surface area contributed by atoms with E-state index < -0.39 is 0 Å². The van der Waals surface area contributed by atoms with Gasteiger partial charge in [0.05, 0.1) is 10.9 Å². The van der Waals surface area contributed by atoms with Gasteiger partial charge < -0.3 is 0 Å². The molecule has 1 amide bonds. The summed E-state index contributed by atoms with van der Waals surface area (Å²) in [5, 5.41) is 0. The van der Waals surface area contributed by atoms with E-state index in [1.807, 2.05) is 43.3 Å². The number of rotatable bonds is 3. The highest BCUT2D eigenvalue weighted by Gasteiger charge is 2.35. The molecular formula is C22H23NOS2. The number of thioether (sulfide) groups is 1. The molecule has 0 aromatic heterocycles. The number of nitrogens with zero attached hydrogens (tertiary/aromatic N) is 1. The van der Waals surface area contributed by atoms with Crippen LogP contribution in [0.1, 0.15) is 50.4 Å². The number of hydrogen-bond acceptors (Lipinski definition) is 3. The van der Waals surface area contributed by atoms with E-state index in [0.29, 0.717) is 9.23 Å². The van der Waals surface area contributed by atoms with Gasteiger partial charge >= 0.3 is 0 Å². The van der Waals surface area contributed by atoms with E-state index in [4.69, 9.17) is 12.2 Å². The standard InChI is InChI=1S/C22H23NOS2/c1-15(17-8-6-5-7-9-17)23-20(24)19(26-21(23)25)14-16-10-12-18(13-11-16)22(2,3)4/h5-15H,1-4H3/b19-14-/t15-/m0/s1. The van der Waals surface area contributed by atoms with Gasteiger partial charge in [-0.3, -0.25) is 9.69 Å². The Morgan fingerprint density at radius 1 is 1.04 bits per heavy atom. The molecule has 2 aromatic rings. The van der Waals surface area contributed by atoms with Gasteiger partial charge in [-0.1, -0.05) is 99.3 Å². The van der Waals surface area contributed by atoms with Crippen molar-refractivity contribution in [3.05, 3.63) is 76.2 Å². The lowest BCUT2D eigenvalue weighted by molar-refractivity contribution is -0.123. The Hall–Kier alpha value is -1.91. The zero-order chi connectivity index (χ0) is 18.9. The molecular weight excluding hydrogens is 358 g/mol. The van der Waals surface area contributed by atoms with Crippen molar-refractivity contribution in [2.45, 2.75) is 39.2 Å². The van der Waals surface area contributed by atoms with Crippen molar-refractivity contribution in [1.82, 2.24) is 4.90 Å². The Balaban J connectivity index is 1.83. The molecule has 1 aliphatic heterocycles. The lowest BCUT2D eigenvalue weighted by atomic mass is 9.87. The van der Waals surface area contributed by atoms with Gasteiger partial charge in [-0.25, -0.2) is 0 Å². The summed E-state index contributed by atoms with van der Waals surface area (Å²) in [6.07, 6.45) is 1.93. The lowest BCUT2D eigenvalue weighted by Crippen LogP contribution is -2.30. The second-order valence-corrected chi connectivity index (χ2v) is 9.19. The lowest BCUT2D eigenvalue weighted by Gasteiger charge is -2.23. The zero-order valence-corrected chi connectivity index (χ0v) is 17.2. The van der Waals surface area contributed by atoms with E-state index in [1.165, 1.54) is 17.3 Å². The molecule has 1 saturated heterocycles. The second kappa shape index (κ2) is 7.37. The first-order valence-corrected chi connectivity index (χ1v) is 9.92. The average Bonchev–Trinajstić information content (AvgIpc) is 2.88. The quantitative estimate of drug-likeness (QED) is 0.484. The van der Waals surface area contributed by atoms with Gasteiger partial charge in [0.1, 0.15) is 4.32 Å². The van der Waals surface area contributed by atoms with Gasteiger partial charge in [-0.2, -0.15) is 0 Å². The fourth-order valence-electron chi connectivity index (χ4n) is 2.93. The smallest absolute Gasteiger partial charge is 0.266 e. The minimum Gasteiger partial charge on any atom is -0.286 e. The molecule has 1 atom stereocenters. The van der Waals surface area contributed by atoms with Crippen molar-refractivity contribution in [1.29, 1.82) is 0 Å².